The van der Waals surface area contributed by atoms with Gasteiger partial charge in [0.25, 0.3) is 0 Å². The lowest BCUT2D eigenvalue weighted by molar-refractivity contribution is 0.325. The van der Waals surface area contributed by atoms with Crippen molar-refractivity contribution in [1.29, 1.82) is 0 Å². The molecule has 1 heterocycles. The van der Waals surface area contributed by atoms with Crippen LogP contribution in [0, 0.1) is 0 Å². The summed E-state index contributed by atoms with van der Waals surface area (Å²) in [7, 11) is 6.38. The molecule has 2 rings (SSSR count). The number of hydrogen-bond donors (Lipinski definition) is 1. The van der Waals surface area contributed by atoms with E-state index in [1.807, 2.05) is 0 Å². The standard InChI is InChI=1S/C12H16N4O3/c1-16-12(13)14-11(15-16)7-5-6-8(17-2)10(19-4)9(7)18-3/h5-6H,1-4H3,(H2,13,14,15). The van der Waals surface area contributed by atoms with Crippen LogP contribution in [0.5, 0.6) is 17.2 Å². The van der Waals surface area contributed by atoms with Gasteiger partial charge >= 0.3 is 0 Å². The van der Waals surface area contributed by atoms with Crippen molar-refractivity contribution in [2.75, 3.05) is 27.1 Å². The first-order chi connectivity index (χ1) is 9.12. The summed E-state index contributed by atoms with van der Waals surface area (Å²) < 4.78 is 17.4. The van der Waals surface area contributed by atoms with E-state index >= 15 is 0 Å². The largest absolute Gasteiger partial charge is 0.493 e. The van der Waals surface area contributed by atoms with Crippen molar-refractivity contribution in [2.45, 2.75) is 0 Å². The summed E-state index contributed by atoms with van der Waals surface area (Å²) in [5, 5.41) is 4.22. The Morgan fingerprint density at radius 1 is 1.05 bits per heavy atom. The van der Waals surface area contributed by atoms with E-state index in [-0.39, 0.29) is 0 Å². The summed E-state index contributed by atoms with van der Waals surface area (Å²) in [6.45, 7) is 0. The van der Waals surface area contributed by atoms with Crippen molar-refractivity contribution < 1.29 is 14.2 Å². The summed E-state index contributed by atoms with van der Waals surface area (Å²) in [5.41, 5.74) is 6.38. The molecule has 0 saturated carbocycles. The lowest BCUT2D eigenvalue weighted by Gasteiger charge is -2.14. The first-order valence-electron chi connectivity index (χ1n) is 5.58. The predicted octanol–water partition coefficient (Wildman–Crippen LogP) is 1.09. The summed E-state index contributed by atoms with van der Waals surface area (Å²) >= 11 is 0. The van der Waals surface area contributed by atoms with Crippen LogP contribution >= 0.6 is 0 Å². The third kappa shape index (κ3) is 2.14. The number of rotatable bonds is 4. The van der Waals surface area contributed by atoms with Gasteiger partial charge in [0.1, 0.15) is 0 Å². The molecule has 0 spiro atoms. The van der Waals surface area contributed by atoms with Gasteiger partial charge in [0.05, 0.1) is 26.9 Å². The van der Waals surface area contributed by atoms with E-state index in [1.165, 1.54) is 4.68 Å². The highest BCUT2D eigenvalue weighted by Crippen LogP contribution is 2.43. The lowest BCUT2D eigenvalue weighted by Crippen LogP contribution is -1.98. The van der Waals surface area contributed by atoms with Crippen LogP contribution in [0.2, 0.25) is 0 Å². The van der Waals surface area contributed by atoms with Gasteiger partial charge in [-0.1, -0.05) is 0 Å². The van der Waals surface area contributed by atoms with Crippen LogP contribution in [0.1, 0.15) is 0 Å². The fraction of sp³-hybridized carbons (Fsp3) is 0.333. The summed E-state index contributed by atoms with van der Waals surface area (Å²) in [4.78, 5) is 4.17. The highest BCUT2D eigenvalue weighted by Gasteiger charge is 2.20. The van der Waals surface area contributed by atoms with Gasteiger partial charge in [-0.3, -0.25) is 0 Å². The molecular weight excluding hydrogens is 248 g/mol. The molecule has 0 atom stereocenters. The third-order valence-corrected chi connectivity index (χ3v) is 2.74. The molecule has 0 radical (unpaired) electrons. The van der Waals surface area contributed by atoms with E-state index in [4.69, 9.17) is 19.9 Å². The Balaban J connectivity index is 2.63. The molecule has 0 bridgehead atoms. The number of methoxy groups -OCH3 is 3. The second-order valence-electron chi connectivity index (χ2n) is 3.80. The molecule has 0 aliphatic rings. The molecule has 0 amide bonds. The molecule has 0 saturated heterocycles. The highest BCUT2D eigenvalue weighted by molar-refractivity contribution is 5.72. The molecular formula is C12H16N4O3. The normalized spacial score (nSPS) is 10.3. The smallest absolute Gasteiger partial charge is 0.218 e. The Morgan fingerprint density at radius 3 is 2.21 bits per heavy atom. The number of nitrogen functional groups attached to an aromatic ring is 1. The van der Waals surface area contributed by atoms with Gasteiger partial charge < -0.3 is 19.9 Å². The Labute approximate surface area is 110 Å². The predicted molar refractivity (Wildman–Crippen MR) is 70.5 cm³/mol. The maximum atomic E-state index is 5.69. The van der Waals surface area contributed by atoms with Gasteiger partial charge in [0.15, 0.2) is 17.3 Å². The fourth-order valence-electron chi connectivity index (χ4n) is 1.79. The topological polar surface area (TPSA) is 84.4 Å². The molecule has 2 aromatic rings. The summed E-state index contributed by atoms with van der Waals surface area (Å²) in [5.74, 6) is 2.37. The van der Waals surface area contributed by atoms with Gasteiger partial charge in [-0.15, -0.1) is 5.10 Å². The van der Waals surface area contributed by atoms with Crippen LogP contribution in [0.3, 0.4) is 0 Å². The number of nitrogens with zero attached hydrogens (tertiary/aromatic N) is 3. The maximum Gasteiger partial charge on any atom is 0.218 e. The molecule has 19 heavy (non-hydrogen) atoms. The van der Waals surface area contributed by atoms with Gasteiger partial charge in [-0.05, 0) is 12.1 Å². The molecule has 102 valence electrons. The van der Waals surface area contributed by atoms with E-state index in [0.29, 0.717) is 34.6 Å². The zero-order chi connectivity index (χ0) is 14.0. The number of anilines is 1. The van der Waals surface area contributed by atoms with Gasteiger partial charge in [-0.2, -0.15) is 4.98 Å². The number of nitrogens with two attached hydrogens (primary N) is 1. The SMILES string of the molecule is COc1ccc(-c2nc(N)n(C)n2)c(OC)c1OC. The lowest BCUT2D eigenvalue weighted by atomic mass is 10.1. The van der Waals surface area contributed by atoms with Crippen LogP contribution in [-0.2, 0) is 7.05 Å². The van der Waals surface area contributed by atoms with E-state index in [0.717, 1.165) is 0 Å². The quantitative estimate of drug-likeness (QED) is 0.889. The van der Waals surface area contributed by atoms with E-state index in [9.17, 15) is 0 Å². The number of benzene rings is 1. The Kier molecular flexibility index (Phi) is 3.46. The average molecular weight is 264 g/mol. The van der Waals surface area contributed by atoms with Crippen LogP contribution in [0.25, 0.3) is 11.4 Å². The fourth-order valence-corrected chi connectivity index (χ4v) is 1.79. The number of aryl methyl sites for hydroxylation is 1. The average Bonchev–Trinajstić information content (AvgIpc) is 2.76. The minimum Gasteiger partial charge on any atom is -0.493 e. The van der Waals surface area contributed by atoms with Crippen molar-refractivity contribution in [3.63, 3.8) is 0 Å². The molecule has 2 N–H and O–H groups in total. The molecule has 1 aromatic heterocycles. The Morgan fingerprint density at radius 2 is 1.74 bits per heavy atom. The third-order valence-electron chi connectivity index (χ3n) is 2.74. The number of aromatic nitrogens is 3. The van der Waals surface area contributed by atoms with Crippen LogP contribution in [-0.4, -0.2) is 36.1 Å². The molecule has 0 aliphatic heterocycles. The van der Waals surface area contributed by atoms with Crippen molar-refractivity contribution >= 4 is 5.95 Å². The maximum absolute atomic E-state index is 5.69. The van der Waals surface area contributed by atoms with E-state index < -0.39 is 0 Å². The van der Waals surface area contributed by atoms with Gasteiger partial charge in [-0.25, -0.2) is 4.68 Å². The first-order valence-corrected chi connectivity index (χ1v) is 5.58. The first kappa shape index (κ1) is 13.0. The minimum atomic E-state index is 0.326. The van der Waals surface area contributed by atoms with E-state index in [2.05, 4.69) is 10.1 Å². The molecule has 0 fully saturated rings. The monoisotopic (exact) mass is 264 g/mol. The zero-order valence-corrected chi connectivity index (χ0v) is 11.3. The molecule has 0 aliphatic carbocycles. The van der Waals surface area contributed by atoms with E-state index in [1.54, 1.807) is 40.5 Å². The van der Waals surface area contributed by atoms with Crippen molar-refractivity contribution in [3.05, 3.63) is 12.1 Å². The minimum absolute atomic E-state index is 0.326. The zero-order valence-electron chi connectivity index (χ0n) is 11.3. The van der Waals surface area contributed by atoms with Gasteiger partial charge in [0, 0.05) is 7.05 Å². The Bertz CT molecular complexity index is 575. The van der Waals surface area contributed by atoms with Crippen LogP contribution in [0.4, 0.5) is 5.95 Å². The summed E-state index contributed by atoms with van der Waals surface area (Å²) in [6.07, 6.45) is 0. The second-order valence-corrected chi connectivity index (χ2v) is 3.80. The van der Waals surface area contributed by atoms with Crippen molar-refractivity contribution in [1.82, 2.24) is 14.8 Å². The molecule has 0 unspecified atom stereocenters. The van der Waals surface area contributed by atoms with Crippen molar-refractivity contribution in [3.8, 4) is 28.6 Å². The molecule has 7 heteroatoms. The highest BCUT2D eigenvalue weighted by atomic mass is 16.5. The van der Waals surface area contributed by atoms with Crippen LogP contribution in [0.15, 0.2) is 12.1 Å². The van der Waals surface area contributed by atoms with Crippen LogP contribution < -0.4 is 19.9 Å². The number of hydrogen-bond acceptors (Lipinski definition) is 6. The van der Waals surface area contributed by atoms with Crippen molar-refractivity contribution in [2.24, 2.45) is 7.05 Å². The van der Waals surface area contributed by atoms with Gasteiger partial charge in [0.2, 0.25) is 11.7 Å². The summed E-state index contributed by atoms with van der Waals surface area (Å²) in [6, 6.07) is 3.57. The molecule has 1 aromatic carbocycles. The second kappa shape index (κ2) is 5.05. The Hall–Kier alpha value is -2.44. The molecule has 7 nitrogen and oxygen atoms in total. The number of ether oxygens (including phenoxy) is 3.